The van der Waals surface area contributed by atoms with Gasteiger partial charge in [0.1, 0.15) is 11.8 Å². The number of thiophene rings is 1. The third kappa shape index (κ3) is 12.6. The van der Waals surface area contributed by atoms with Gasteiger partial charge in [0, 0.05) is 32.2 Å². The van der Waals surface area contributed by atoms with Crippen LogP contribution in [0.2, 0.25) is 0 Å². The molecule has 2 fully saturated rings. The van der Waals surface area contributed by atoms with Crippen molar-refractivity contribution in [1.29, 1.82) is 0 Å². The number of likely N-dealkylation sites (N-methyl/N-ethyl adjacent to an activating group) is 1. The number of benzene rings is 1. The Kier molecular flexibility index (Phi) is 15.8. The zero-order valence-corrected chi connectivity index (χ0v) is 28.8. The van der Waals surface area contributed by atoms with Crippen molar-refractivity contribution in [1.82, 2.24) is 23.9 Å². The summed E-state index contributed by atoms with van der Waals surface area (Å²) in [7, 11) is -1.25. The Hall–Kier alpha value is -2.64. The number of carbonyl (C=O) groups is 1. The van der Waals surface area contributed by atoms with Crippen molar-refractivity contribution in [2.45, 2.75) is 92.9 Å². The van der Waals surface area contributed by atoms with E-state index in [9.17, 15) is 13.2 Å². The molecule has 1 aromatic carbocycles. The molecule has 3 heterocycles. The van der Waals surface area contributed by atoms with E-state index < -0.39 is 10.2 Å². The highest BCUT2D eigenvalue weighted by atomic mass is 32.2. The molecule has 1 saturated carbocycles. The maximum atomic E-state index is 11.7. The number of nitrogens with zero attached hydrogens (tertiary/aromatic N) is 4. The molecule has 3 aromatic rings. The predicted molar refractivity (Wildman–Crippen MR) is 185 cm³/mol. The molecule has 12 heteroatoms. The topological polar surface area (TPSA) is 114 Å². The minimum absolute atomic E-state index is 0. The van der Waals surface area contributed by atoms with Crippen LogP contribution < -0.4 is 9.46 Å². The van der Waals surface area contributed by atoms with Gasteiger partial charge in [-0.3, -0.25) is 4.79 Å². The van der Waals surface area contributed by atoms with Crippen LogP contribution in [0.25, 0.3) is 21.6 Å². The van der Waals surface area contributed by atoms with Crippen molar-refractivity contribution >= 4 is 38.5 Å². The van der Waals surface area contributed by atoms with Gasteiger partial charge in [-0.2, -0.15) is 17.4 Å². The van der Waals surface area contributed by atoms with Crippen LogP contribution in [0.4, 0.5) is 0 Å². The van der Waals surface area contributed by atoms with Gasteiger partial charge in [-0.15, -0.1) is 11.3 Å². The second-order valence-electron chi connectivity index (χ2n) is 12.0. The number of rotatable bonds is 8. The predicted octanol–water partition coefficient (Wildman–Crippen LogP) is 6.39. The van der Waals surface area contributed by atoms with Gasteiger partial charge in [0.15, 0.2) is 0 Å². The van der Waals surface area contributed by atoms with Crippen LogP contribution in [0, 0.1) is 5.92 Å². The van der Waals surface area contributed by atoms with Crippen LogP contribution >= 0.6 is 11.3 Å². The van der Waals surface area contributed by atoms with Gasteiger partial charge in [-0.1, -0.05) is 39.5 Å². The van der Waals surface area contributed by atoms with E-state index >= 15 is 0 Å². The first-order valence-corrected chi connectivity index (χ1v) is 17.8. The summed E-state index contributed by atoms with van der Waals surface area (Å²) in [5, 5.41) is 2.03. The summed E-state index contributed by atoms with van der Waals surface area (Å²) in [5.41, 5.74) is 2.57. The fourth-order valence-corrected chi connectivity index (χ4v) is 6.66. The van der Waals surface area contributed by atoms with Crippen molar-refractivity contribution in [3.8, 4) is 16.5 Å². The van der Waals surface area contributed by atoms with Crippen molar-refractivity contribution in [2.75, 3.05) is 33.2 Å². The standard InChI is InChI=1S/C15H14N2OS.C9H16O2.C8H19N3O2S.CH4/c1-10(2)18-15-14(13-8-5-9-19-13)16-11-6-3-4-7-12(11)17-15;1-7(2)9(10)11-8-5-3-4-6-8;1-8(2)9-14(12,13)11-6-4-10(3)5-7-11;/h3-10H,1-2H3;7-8H,3-6H2,1-2H3;8-9H,4-7H2,1-3H3;1H4. The molecule has 0 amide bonds. The number of hydrogen-bond donors (Lipinski definition) is 1. The van der Waals surface area contributed by atoms with Crippen LogP contribution in [0.5, 0.6) is 5.88 Å². The van der Waals surface area contributed by atoms with Gasteiger partial charge in [-0.05, 0) is 84.0 Å². The van der Waals surface area contributed by atoms with Gasteiger partial charge >= 0.3 is 5.97 Å². The first kappa shape index (κ1) is 38.5. The molecule has 252 valence electrons. The fourth-order valence-electron chi connectivity index (χ4n) is 4.57. The number of fused-ring (bicyclic) bond motifs is 1. The van der Waals surface area contributed by atoms with E-state index in [4.69, 9.17) is 14.5 Å². The van der Waals surface area contributed by atoms with Crippen molar-refractivity contribution in [3.05, 3.63) is 41.8 Å². The van der Waals surface area contributed by atoms with E-state index in [-0.39, 0.29) is 37.6 Å². The van der Waals surface area contributed by atoms with Gasteiger partial charge in [0.2, 0.25) is 5.88 Å². The highest BCUT2D eigenvalue weighted by molar-refractivity contribution is 7.87. The molecular formula is C33H53N5O5S2. The molecule has 0 radical (unpaired) electrons. The molecule has 2 aromatic heterocycles. The minimum Gasteiger partial charge on any atom is -0.473 e. The number of piperazine rings is 1. The number of esters is 1. The molecule has 0 unspecified atom stereocenters. The summed E-state index contributed by atoms with van der Waals surface area (Å²) in [6, 6.07) is 11.9. The zero-order valence-electron chi connectivity index (χ0n) is 27.2. The van der Waals surface area contributed by atoms with E-state index in [0.717, 1.165) is 47.5 Å². The first-order valence-electron chi connectivity index (χ1n) is 15.5. The Morgan fingerprint density at radius 1 is 0.933 bits per heavy atom. The average Bonchev–Trinajstić information content (AvgIpc) is 3.68. The Morgan fingerprint density at radius 2 is 1.53 bits per heavy atom. The molecule has 0 bridgehead atoms. The SMILES string of the molecule is C.CC(C)C(=O)OC1CCCC1.CC(C)NS(=O)(=O)N1CCN(C)CC1.CC(C)Oc1nc2ccccc2nc1-c1cccs1. The quantitative estimate of drug-likeness (QED) is 0.276. The molecule has 1 saturated heterocycles. The van der Waals surface area contributed by atoms with E-state index in [0.29, 0.717) is 19.0 Å². The monoisotopic (exact) mass is 663 g/mol. The lowest BCUT2D eigenvalue weighted by Crippen LogP contribution is -2.52. The average molecular weight is 664 g/mol. The molecule has 1 aliphatic carbocycles. The summed E-state index contributed by atoms with van der Waals surface area (Å²) in [6.45, 7) is 14.2. The molecular weight excluding hydrogens is 611 g/mol. The summed E-state index contributed by atoms with van der Waals surface area (Å²) < 4.78 is 38.5. The second kappa shape index (κ2) is 18.5. The van der Waals surface area contributed by atoms with Crippen LogP contribution in [0.3, 0.4) is 0 Å². The van der Waals surface area contributed by atoms with Gasteiger partial charge in [0.25, 0.3) is 10.2 Å². The Balaban J connectivity index is 0.000000243. The fraction of sp³-hybridized carbons (Fsp3) is 0.606. The highest BCUT2D eigenvalue weighted by Gasteiger charge is 2.25. The molecule has 0 spiro atoms. The zero-order chi connectivity index (χ0) is 32.3. The van der Waals surface area contributed by atoms with Gasteiger partial charge in [-0.25, -0.2) is 9.97 Å². The molecule has 5 rings (SSSR count). The van der Waals surface area contributed by atoms with E-state index in [2.05, 4.69) is 14.6 Å². The highest BCUT2D eigenvalue weighted by Crippen LogP contribution is 2.32. The Labute approximate surface area is 274 Å². The smallest absolute Gasteiger partial charge is 0.308 e. The molecule has 2 aliphatic rings. The van der Waals surface area contributed by atoms with Gasteiger partial charge < -0.3 is 14.4 Å². The summed E-state index contributed by atoms with van der Waals surface area (Å²) in [4.78, 5) is 23.6. The summed E-state index contributed by atoms with van der Waals surface area (Å²) >= 11 is 1.64. The number of para-hydroxylation sites is 2. The number of nitrogens with one attached hydrogen (secondary N) is 1. The van der Waals surface area contributed by atoms with E-state index in [1.54, 1.807) is 11.3 Å². The number of aromatic nitrogens is 2. The molecule has 45 heavy (non-hydrogen) atoms. The summed E-state index contributed by atoms with van der Waals surface area (Å²) in [6.07, 6.45) is 4.88. The molecule has 0 atom stereocenters. The van der Waals surface area contributed by atoms with E-state index in [1.165, 1.54) is 17.1 Å². The number of carbonyl (C=O) groups excluding carboxylic acids is 1. The van der Waals surface area contributed by atoms with E-state index in [1.807, 2.05) is 90.4 Å². The molecule has 1 N–H and O–H groups in total. The molecule has 1 aliphatic heterocycles. The van der Waals surface area contributed by atoms with Crippen LogP contribution in [-0.2, 0) is 19.7 Å². The lowest BCUT2D eigenvalue weighted by atomic mass is 10.2. The van der Waals surface area contributed by atoms with Crippen molar-refractivity contribution in [2.24, 2.45) is 5.92 Å². The Bertz CT molecular complexity index is 1400. The van der Waals surface area contributed by atoms with Crippen LogP contribution in [0.15, 0.2) is 41.8 Å². The van der Waals surface area contributed by atoms with Crippen LogP contribution in [-0.4, -0.2) is 85.0 Å². The normalized spacial score (nSPS) is 16.1. The second-order valence-corrected chi connectivity index (χ2v) is 14.6. The first-order chi connectivity index (χ1) is 20.9. The maximum absolute atomic E-state index is 11.7. The maximum Gasteiger partial charge on any atom is 0.308 e. The Morgan fingerprint density at radius 3 is 2.04 bits per heavy atom. The largest absolute Gasteiger partial charge is 0.473 e. The third-order valence-electron chi connectivity index (χ3n) is 6.88. The third-order valence-corrected chi connectivity index (χ3v) is 9.57. The molecule has 10 nitrogen and oxygen atoms in total. The number of ether oxygens (including phenoxy) is 2. The number of hydrogen-bond acceptors (Lipinski definition) is 9. The van der Waals surface area contributed by atoms with Gasteiger partial charge in [0.05, 0.1) is 27.9 Å². The van der Waals surface area contributed by atoms with Crippen molar-refractivity contribution < 1.29 is 22.7 Å². The van der Waals surface area contributed by atoms with Crippen LogP contribution in [0.1, 0.15) is 74.7 Å². The lowest BCUT2D eigenvalue weighted by molar-refractivity contribution is -0.152. The minimum atomic E-state index is -3.25. The van der Waals surface area contributed by atoms with Crippen molar-refractivity contribution in [3.63, 3.8) is 0 Å². The lowest BCUT2D eigenvalue weighted by Gasteiger charge is -2.31. The summed E-state index contributed by atoms with van der Waals surface area (Å²) in [5.74, 6) is 0.587.